The van der Waals surface area contributed by atoms with Crippen LogP contribution in [0, 0.1) is 0 Å². The average molecular weight is 358 g/mol. The Morgan fingerprint density at radius 1 is 0.846 bits per heavy atom. The van der Waals surface area contributed by atoms with Gasteiger partial charge >= 0.3 is 0 Å². The molecule has 0 bridgehead atoms. The zero-order chi connectivity index (χ0) is 17.9. The van der Waals surface area contributed by atoms with E-state index < -0.39 is 0 Å². The molecule has 0 atom stereocenters. The molecule has 4 aliphatic rings. The molecule has 2 saturated carbocycles. The summed E-state index contributed by atoms with van der Waals surface area (Å²) in [5.74, 6) is 0.0930. The maximum atomic E-state index is 12.6. The normalized spacial score (nSPS) is 27.5. The number of amides is 2. The van der Waals surface area contributed by atoms with Crippen LogP contribution in [0.1, 0.15) is 70.6 Å². The molecule has 1 N–H and O–H groups in total. The number of hydrazone groups is 1. The van der Waals surface area contributed by atoms with Gasteiger partial charge in [0.1, 0.15) is 11.4 Å². The van der Waals surface area contributed by atoms with Gasteiger partial charge in [-0.3, -0.25) is 15.0 Å². The van der Waals surface area contributed by atoms with Crippen LogP contribution in [0.3, 0.4) is 0 Å². The summed E-state index contributed by atoms with van der Waals surface area (Å²) in [6, 6.07) is 0.757. The monoisotopic (exact) mass is 358 g/mol. The zero-order valence-electron chi connectivity index (χ0n) is 15.6. The van der Waals surface area contributed by atoms with E-state index in [-0.39, 0.29) is 11.8 Å². The van der Waals surface area contributed by atoms with Gasteiger partial charge in [-0.1, -0.05) is 38.5 Å². The first kappa shape index (κ1) is 17.6. The predicted octanol–water partition coefficient (Wildman–Crippen LogP) is 2.56. The van der Waals surface area contributed by atoms with Crippen molar-refractivity contribution in [3.05, 3.63) is 11.8 Å². The van der Waals surface area contributed by atoms with Gasteiger partial charge in [-0.05, 0) is 31.8 Å². The third-order valence-corrected chi connectivity index (χ3v) is 6.42. The molecular weight excluding hydrogens is 328 g/mol. The van der Waals surface area contributed by atoms with Crippen LogP contribution in [0.5, 0.6) is 0 Å². The van der Waals surface area contributed by atoms with Gasteiger partial charge in [0.25, 0.3) is 11.8 Å². The molecule has 1 saturated heterocycles. The lowest BCUT2D eigenvalue weighted by molar-refractivity contribution is -0.128. The van der Waals surface area contributed by atoms with E-state index in [2.05, 4.69) is 10.5 Å². The van der Waals surface area contributed by atoms with E-state index in [1.54, 1.807) is 0 Å². The lowest BCUT2D eigenvalue weighted by atomic mass is 9.94. The number of carbonyl (C=O) groups excluding carboxylic acids is 2. The Labute approximate surface area is 155 Å². The van der Waals surface area contributed by atoms with E-state index in [1.807, 2.05) is 15.9 Å². The van der Waals surface area contributed by atoms with Crippen molar-refractivity contribution in [2.45, 2.75) is 82.7 Å². The summed E-state index contributed by atoms with van der Waals surface area (Å²) in [6.45, 7) is 1.43. The number of hydrogen-bond donors (Lipinski definition) is 1. The van der Waals surface area contributed by atoms with Gasteiger partial charge in [-0.15, -0.1) is 0 Å². The number of likely N-dealkylation sites (tertiary alicyclic amines) is 1. The lowest BCUT2D eigenvalue weighted by Gasteiger charge is -2.31. The van der Waals surface area contributed by atoms with Crippen LogP contribution < -0.4 is 5.43 Å². The first-order valence-electron chi connectivity index (χ1n) is 10.4. The van der Waals surface area contributed by atoms with Crippen LogP contribution in [0.25, 0.3) is 0 Å². The second-order valence-electron chi connectivity index (χ2n) is 8.08. The standard InChI is InChI=1S/C20H30N4O2/c25-19-17(11-13-23(19)15-7-3-1-4-8-15)21-22-18-12-14-24(20(18)26)16-9-5-2-6-10-16/h11,15-16,21H,1-10,12-14H2/b22-18-. The van der Waals surface area contributed by atoms with Crippen LogP contribution in [-0.4, -0.2) is 52.5 Å². The molecule has 2 amide bonds. The minimum Gasteiger partial charge on any atom is -0.334 e. The molecule has 26 heavy (non-hydrogen) atoms. The topological polar surface area (TPSA) is 65.0 Å². The van der Waals surface area contributed by atoms with E-state index in [9.17, 15) is 9.59 Å². The van der Waals surface area contributed by atoms with Gasteiger partial charge in [-0.25, -0.2) is 0 Å². The summed E-state index contributed by atoms with van der Waals surface area (Å²) in [6.07, 6.45) is 14.5. The van der Waals surface area contributed by atoms with Gasteiger partial charge in [0.15, 0.2) is 0 Å². The van der Waals surface area contributed by atoms with Crippen molar-refractivity contribution in [3.63, 3.8) is 0 Å². The second-order valence-corrected chi connectivity index (χ2v) is 8.08. The maximum Gasteiger partial charge on any atom is 0.272 e. The molecule has 3 fully saturated rings. The number of nitrogens with zero attached hydrogens (tertiary/aromatic N) is 3. The third kappa shape index (κ3) is 3.51. The van der Waals surface area contributed by atoms with Crippen molar-refractivity contribution >= 4 is 17.5 Å². The Bertz CT molecular complexity index is 615. The van der Waals surface area contributed by atoms with Crippen molar-refractivity contribution in [1.29, 1.82) is 0 Å². The van der Waals surface area contributed by atoms with E-state index in [4.69, 9.17) is 0 Å². The fourth-order valence-electron chi connectivity index (χ4n) is 4.89. The minimum atomic E-state index is 0.0378. The highest BCUT2D eigenvalue weighted by atomic mass is 16.2. The summed E-state index contributed by atoms with van der Waals surface area (Å²) < 4.78 is 0. The highest BCUT2D eigenvalue weighted by molar-refractivity contribution is 6.40. The molecule has 142 valence electrons. The van der Waals surface area contributed by atoms with Crippen molar-refractivity contribution in [2.24, 2.45) is 5.10 Å². The zero-order valence-corrected chi connectivity index (χ0v) is 15.6. The first-order chi connectivity index (χ1) is 12.7. The van der Waals surface area contributed by atoms with Crippen molar-refractivity contribution in [2.75, 3.05) is 13.1 Å². The molecule has 0 radical (unpaired) electrons. The first-order valence-corrected chi connectivity index (χ1v) is 10.4. The second kappa shape index (κ2) is 7.80. The highest BCUT2D eigenvalue weighted by Gasteiger charge is 2.35. The number of hydrogen-bond acceptors (Lipinski definition) is 4. The predicted molar refractivity (Wildman–Crippen MR) is 100 cm³/mol. The van der Waals surface area contributed by atoms with Crippen LogP contribution in [-0.2, 0) is 9.59 Å². The molecule has 0 aromatic carbocycles. The third-order valence-electron chi connectivity index (χ3n) is 6.42. The Balaban J connectivity index is 1.33. The van der Waals surface area contributed by atoms with Crippen LogP contribution in [0.2, 0.25) is 0 Å². The van der Waals surface area contributed by atoms with Crippen molar-refractivity contribution in [1.82, 2.24) is 15.2 Å². The van der Waals surface area contributed by atoms with E-state index in [0.717, 1.165) is 32.2 Å². The average Bonchev–Trinajstić information content (AvgIpc) is 3.24. The molecule has 0 aromatic rings. The fraction of sp³-hybridized carbons (Fsp3) is 0.750. The fourth-order valence-corrected chi connectivity index (χ4v) is 4.89. The van der Waals surface area contributed by atoms with Gasteiger partial charge in [-0.2, -0.15) is 5.10 Å². The Morgan fingerprint density at radius 3 is 2.12 bits per heavy atom. The van der Waals surface area contributed by atoms with Gasteiger partial charge in [0.05, 0.1) is 0 Å². The molecule has 4 rings (SSSR count). The smallest absolute Gasteiger partial charge is 0.272 e. The van der Waals surface area contributed by atoms with Crippen LogP contribution >= 0.6 is 0 Å². The number of rotatable bonds is 4. The molecular formula is C20H30N4O2. The Morgan fingerprint density at radius 2 is 1.46 bits per heavy atom. The van der Waals surface area contributed by atoms with Crippen LogP contribution in [0.4, 0.5) is 0 Å². The number of carbonyl (C=O) groups is 2. The van der Waals surface area contributed by atoms with Gasteiger partial charge < -0.3 is 9.80 Å². The maximum absolute atomic E-state index is 12.6. The minimum absolute atomic E-state index is 0.0378. The quantitative estimate of drug-likeness (QED) is 0.786. The number of nitrogens with one attached hydrogen (secondary N) is 1. The molecule has 2 aliphatic heterocycles. The summed E-state index contributed by atoms with van der Waals surface area (Å²) >= 11 is 0. The summed E-state index contributed by atoms with van der Waals surface area (Å²) in [4.78, 5) is 29.2. The van der Waals surface area contributed by atoms with E-state index in [0.29, 0.717) is 36.5 Å². The van der Waals surface area contributed by atoms with Crippen LogP contribution in [0.15, 0.2) is 16.9 Å². The molecule has 0 aromatic heterocycles. The molecule has 6 heteroatoms. The van der Waals surface area contributed by atoms with Crippen molar-refractivity contribution in [3.8, 4) is 0 Å². The summed E-state index contributed by atoms with van der Waals surface area (Å²) in [5, 5.41) is 4.32. The highest BCUT2D eigenvalue weighted by Crippen LogP contribution is 2.27. The molecule has 0 unspecified atom stereocenters. The van der Waals surface area contributed by atoms with E-state index in [1.165, 1.54) is 38.5 Å². The summed E-state index contributed by atoms with van der Waals surface area (Å²) in [5.41, 5.74) is 4.01. The van der Waals surface area contributed by atoms with Gasteiger partial charge in [0.2, 0.25) is 0 Å². The summed E-state index contributed by atoms with van der Waals surface area (Å²) in [7, 11) is 0. The van der Waals surface area contributed by atoms with Crippen molar-refractivity contribution < 1.29 is 9.59 Å². The molecule has 0 spiro atoms. The molecule has 2 heterocycles. The molecule has 2 aliphatic carbocycles. The Hall–Kier alpha value is -1.85. The van der Waals surface area contributed by atoms with Gasteiger partial charge in [0, 0.05) is 31.6 Å². The largest absolute Gasteiger partial charge is 0.334 e. The molecule has 6 nitrogen and oxygen atoms in total. The lowest BCUT2D eigenvalue weighted by Crippen LogP contribution is -2.40. The SMILES string of the molecule is O=C1C(N/N=C2/CCN(C3CCCCC3)C2=O)=CCN1C1CCCCC1. The Kier molecular flexibility index (Phi) is 5.27. The van der Waals surface area contributed by atoms with E-state index >= 15 is 0 Å².